The Kier molecular flexibility index (Phi) is 4.52. The maximum absolute atomic E-state index is 12.7. The number of likely N-dealkylation sites (N-methyl/N-ethyl adjacent to an activating group) is 1. The van der Waals surface area contributed by atoms with Gasteiger partial charge in [-0.2, -0.15) is 0 Å². The highest BCUT2D eigenvalue weighted by Crippen LogP contribution is 2.18. The van der Waals surface area contributed by atoms with Gasteiger partial charge in [-0.25, -0.2) is 0 Å². The van der Waals surface area contributed by atoms with Crippen LogP contribution in [0.25, 0.3) is 10.8 Å². The summed E-state index contributed by atoms with van der Waals surface area (Å²) in [5.41, 5.74) is 1.02. The van der Waals surface area contributed by atoms with Crippen LogP contribution in [0.15, 0.2) is 66.9 Å². The summed E-state index contributed by atoms with van der Waals surface area (Å²) in [7, 11) is 1.54. The maximum atomic E-state index is 12.7. The van der Waals surface area contributed by atoms with E-state index < -0.39 is 6.04 Å². The van der Waals surface area contributed by atoms with Crippen LogP contribution in [0.3, 0.4) is 0 Å². The SMILES string of the molecule is CNC(=O)[C@@H](NC(=O)c1nccc2ccccc12)c1ccccc1. The minimum absolute atomic E-state index is 0.283. The van der Waals surface area contributed by atoms with Gasteiger partial charge in [0.15, 0.2) is 0 Å². The number of pyridine rings is 1. The number of amides is 2. The second-order valence-corrected chi connectivity index (χ2v) is 5.31. The smallest absolute Gasteiger partial charge is 0.271 e. The first kappa shape index (κ1) is 15.7. The third kappa shape index (κ3) is 3.10. The molecular formula is C19H17N3O2. The maximum Gasteiger partial charge on any atom is 0.271 e. The van der Waals surface area contributed by atoms with Crippen molar-refractivity contribution in [1.29, 1.82) is 0 Å². The van der Waals surface area contributed by atoms with Crippen molar-refractivity contribution in [2.45, 2.75) is 6.04 Å². The number of rotatable bonds is 4. The molecule has 5 nitrogen and oxygen atoms in total. The van der Waals surface area contributed by atoms with Crippen molar-refractivity contribution in [3.05, 3.63) is 78.1 Å². The highest BCUT2D eigenvalue weighted by molar-refractivity contribution is 6.06. The van der Waals surface area contributed by atoms with E-state index in [0.717, 1.165) is 10.8 Å². The molecule has 0 aliphatic rings. The number of hydrogen-bond acceptors (Lipinski definition) is 3. The normalized spacial score (nSPS) is 11.7. The van der Waals surface area contributed by atoms with E-state index in [1.54, 1.807) is 25.4 Å². The van der Waals surface area contributed by atoms with Gasteiger partial charge in [0, 0.05) is 18.6 Å². The number of aromatic nitrogens is 1. The van der Waals surface area contributed by atoms with Gasteiger partial charge in [0.2, 0.25) is 5.91 Å². The monoisotopic (exact) mass is 319 g/mol. The molecule has 0 spiro atoms. The molecule has 2 amide bonds. The average Bonchev–Trinajstić information content (AvgIpc) is 2.65. The summed E-state index contributed by atoms with van der Waals surface area (Å²) in [4.78, 5) is 29.1. The Balaban J connectivity index is 1.95. The summed E-state index contributed by atoms with van der Waals surface area (Å²) in [6, 6.07) is 17.7. The van der Waals surface area contributed by atoms with Crippen LogP contribution in [0.2, 0.25) is 0 Å². The van der Waals surface area contributed by atoms with Crippen LogP contribution in [-0.4, -0.2) is 23.8 Å². The van der Waals surface area contributed by atoms with E-state index in [1.807, 2.05) is 48.5 Å². The quantitative estimate of drug-likeness (QED) is 0.776. The molecule has 0 bridgehead atoms. The summed E-state index contributed by atoms with van der Waals surface area (Å²) in [6.07, 6.45) is 1.59. The molecule has 0 saturated heterocycles. The largest absolute Gasteiger partial charge is 0.357 e. The van der Waals surface area contributed by atoms with E-state index in [1.165, 1.54) is 0 Å². The van der Waals surface area contributed by atoms with Gasteiger partial charge in [-0.3, -0.25) is 14.6 Å². The number of carbonyl (C=O) groups is 2. The lowest BCUT2D eigenvalue weighted by atomic mass is 10.1. The number of benzene rings is 2. The van der Waals surface area contributed by atoms with E-state index >= 15 is 0 Å². The Labute approximate surface area is 139 Å². The van der Waals surface area contributed by atoms with Crippen molar-refractivity contribution in [2.75, 3.05) is 7.05 Å². The van der Waals surface area contributed by atoms with Gasteiger partial charge >= 0.3 is 0 Å². The highest BCUT2D eigenvalue weighted by atomic mass is 16.2. The minimum atomic E-state index is -0.774. The van der Waals surface area contributed by atoms with Crippen molar-refractivity contribution in [3.8, 4) is 0 Å². The third-order valence-corrected chi connectivity index (χ3v) is 3.81. The van der Waals surface area contributed by atoms with Crippen molar-refractivity contribution < 1.29 is 9.59 Å². The van der Waals surface area contributed by atoms with Crippen molar-refractivity contribution >= 4 is 22.6 Å². The fourth-order valence-corrected chi connectivity index (χ4v) is 2.59. The number of hydrogen-bond donors (Lipinski definition) is 2. The summed E-state index contributed by atoms with van der Waals surface area (Å²) in [5, 5.41) is 7.04. The summed E-state index contributed by atoms with van der Waals surface area (Å²) >= 11 is 0. The molecule has 5 heteroatoms. The van der Waals surface area contributed by atoms with E-state index in [4.69, 9.17) is 0 Å². The second kappa shape index (κ2) is 6.91. The van der Waals surface area contributed by atoms with Crippen molar-refractivity contribution in [1.82, 2.24) is 15.6 Å². The number of nitrogens with one attached hydrogen (secondary N) is 2. The molecule has 0 unspecified atom stereocenters. The fourth-order valence-electron chi connectivity index (χ4n) is 2.59. The molecule has 120 valence electrons. The van der Waals surface area contributed by atoms with E-state index in [0.29, 0.717) is 11.3 Å². The van der Waals surface area contributed by atoms with E-state index in [2.05, 4.69) is 15.6 Å². The van der Waals surface area contributed by atoms with Crippen LogP contribution in [0.4, 0.5) is 0 Å². The molecule has 2 aromatic carbocycles. The Morgan fingerprint density at radius 2 is 1.67 bits per heavy atom. The van der Waals surface area contributed by atoms with Crippen LogP contribution < -0.4 is 10.6 Å². The average molecular weight is 319 g/mol. The minimum Gasteiger partial charge on any atom is -0.357 e. The van der Waals surface area contributed by atoms with Crippen LogP contribution >= 0.6 is 0 Å². The molecule has 1 heterocycles. The van der Waals surface area contributed by atoms with E-state index in [-0.39, 0.29) is 11.8 Å². The number of carbonyl (C=O) groups excluding carboxylic acids is 2. The molecule has 3 rings (SSSR count). The predicted molar refractivity (Wildman–Crippen MR) is 92.5 cm³/mol. The molecule has 1 aromatic heterocycles. The Bertz CT molecular complexity index is 873. The first-order valence-corrected chi connectivity index (χ1v) is 7.62. The lowest BCUT2D eigenvalue weighted by Gasteiger charge is -2.18. The molecule has 1 atom stereocenters. The number of nitrogens with zero attached hydrogens (tertiary/aromatic N) is 1. The van der Waals surface area contributed by atoms with Crippen LogP contribution in [0.1, 0.15) is 22.1 Å². The topological polar surface area (TPSA) is 71.1 Å². The van der Waals surface area contributed by atoms with Gasteiger partial charge in [-0.15, -0.1) is 0 Å². The Morgan fingerprint density at radius 3 is 2.42 bits per heavy atom. The molecule has 0 aliphatic carbocycles. The van der Waals surface area contributed by atoms with Gasteiger partial charge in [0.25, 0.3) is 5.91 Å². The summed E-state index contributed by atoms with van der Waals surface area (Å²) in [5.74, 6) is -0.668. The van der Waals surface area contributed by atoms with Crippen LogP contribution in [-0.2, 0) is 4.79 Å². The van der Waals surface area contributed by atoms with Gasteiger partial charge in [0.05, 0.1) is 0 Å². The molecule has 0 saturated carbocycles. The highest BCUT2D eigenvalue weighted by Gasteiger charge is 2.23. The van der Waals surface area contributed by atoms with Gasteiger partial charge in [0.1, 0.15) is 11.7 Å². The zero-order valence-electron chi connectivity index (χ0n) is 13.2. The van der Waals surface area contributed by atoms with Gasteiger partial charge < -0.3 is 10.6 Å². The lowest BCUT2D eigenvalue weighted by molar-refractivity contribution is -0.122. The van der Waals surface area contributed by atoms with Gasteiger partial charge in [-0.05, 0) is 17.0 Å². The molecule has 24 heavy (non-hydrogen) atoms. The standard InChI is InChI=1S/C19H17N3O2/c1-20-18(23)16(14-8-3-2-4-9-14)22-19(24)17-15-10-6-5-7-13(15)11-12-21-17/h2-12,16H,1H3,(H,20,23)(H,22,24)/t16-/m0/s1. The Morgan fingerprint density at radius 1 is 0.958 bits per heavy atom. The molecular weight excluding hydrogens is 302 g/mol. The summed E-state index contributed by atoms with van der Waals surface area (Å²) < 4.78 is 0. The lowest BCUT2D eigenvalue weighted by Crippen LogP contribution is -2.39. The first-order chi connectivity index (χ1) is 11.7. The molecule has 0 radical (unpaired) electrons. The van der Waals surface area contributed by atoms with Crippen LogP contribution in [0.5, 0.6) is 0 Å². The molecule has 0 fully saturated rings. The van der Waals surface area contributed by atoms with Crippen LogP contribution in [0, 0.1) is 0 Å². The Hall–Kier alpha value is -3.21. The van der Waals surface area contributed by atoms with Gasteiger partial charge in [-0.1, -0.05) is 54.6 Å². The molecule has 0 aliphatic heterocycles. The van der Waals surface area contributed by atoms with Crippen molar-refractivity contribution in [3.63, 3.8) is 0 Å². The zero-order chi connectivity index (χ0) is 16.9. The number of fused-ring (bicyclic) bond motifs is 1. The fraction of sp³-hybridized carbons (Fsp3) is 0.105. The van der Waals surface area contributed by atoms with Crippen molar-refractivity contribution in [2.24, 2.45) is 0 Å². The molecule has 3 aromatic rings. The predicted octanol–water partition coefficient (Wildman–Crippen LogP) is 2.45. The zero-order valence-corrected chi connectivity index (χ0v) is 13.2. The van der Waals surface area contributed by atoms with E-state index in [9.17, 15) is 9.59 Å². The molecule has 2 N–H and O–H groups in total. The third-order valence-electron chi connectivity index (χ3n) is 3.81. The first-order valence-electron chi connectivity index (χ1n) is 7.62. The summed E-state index contributed by atoms with van der Waals surface area (Å²) in [6.45, 7) is 0. The second-order valence-electron chi connectivity index (χ2n) is 5.31.